The molecule has 1 aliphatic rings. The smallest absolute Gasteiger partial charge is 0.230 e. The van der Waals surface area contributed by atoms with E-state index >= 15 is 0 Å². The summed E-state index contributed by atoms with van der Waals surface area (Å²) in [6.07, 6.45) is 4.28. The van der Waals surface area contributed by atoms with Crippen LogP contribution in [-0.2, 0) is 9.53 Å². The van der Waals surface area contributed by atoms with E-state index in [0.29, 0.717) is 11.9 Å². The molecule has 0 spiro atoms. The molecule has 1 amide bonds. The van der Waals surface area contributed by atoms with E-state index in [4.69, 9.17) is 4.74 Å². The van der Waals surface area contributed by atoms with Gasteiger partial charge in [0.15, 0.2) is 0 Å². The van der Waals surface area contributed by atoms with E-state index in [-0.39, 0.29) is 5.91 Å². The third-order valence-corrected chi connectivity index (χ3v) is 3.24. The van der Waals surface area contributed by atoms with Crippen molar-refractivity contribution in [2.75, 3.05) is 23.8 Å². The quantitative estimate of drug-likeness (QED) is 0.888. The van der Waals surface area contributed by atoms with Crippen molar-refractivity contribution in [3.8, 4) is 0 Å². The molecule has 2 N–H and O–H groups in total. The first-order chi connectivity index (χ1) is 9.45. The molecule has 0 radical (unpaired) electrons. The highest BCUT2D eigenvalue weighted by atomic mass is 16.5. The molecule has 1 atom stereocenters. The van der Waals surface area contributed by atoms with E-state index in [1.807, 2.05) is 32.9 Å². The molecule has 0 saturated carbocycles. The zero-order chi connectivity index (χ0) is 14.6. The number of carbonyl (C=O) groups is 1. The molecule has 5 heteroatoms. The molecule has 1 unspecified atom stereocenters. The molecule has 5 nitrogen and oxygen atoms in total. The van der Waals surface area contributed by atoms with Gasteiger partial charge in [0, 0.05) is 18.6 Å². The number of nitrogens with zero attached hydrogens (tertiary/aromatic N) is 1. The largest absolute Gasteiger partial charge is 0.381 e. The van der Waals surface area contributed by atoms with Crippen LogP contribution in [0.25, 0.3) is 0 Å². The van der Waals surface area contributed by atoms with Crippen LogP contribution in [0.2, 0.25) is 0 Å². The van der Waals surface area contributed by atoms with Gasteiger partial charge in [-0.05, 0) is 25.0 Å². The number of aromatic nitrogens is 1. The predicted octanol–water partition coefficient (Wildman–Crippen LogP) is 2.66. The summed E-state index contributed by atoms with van der Waals surface area (Å²) in [5.41, 5.74) is 0.521. The Bertz CT molecular complexity index is 445. The van der Waals surface area contributed by atoms with E-state index in [0.717, 1.165) is 31.7 Å². The number of ether oxygens (including phenoxy) is 1. The summed E-state index contributed by atoms with van der Waals surface area (Å²) in [7, 11) is 0. The van der Waals surface area contributed by atoms with Crippen LogP contribution in [0.15, 0.2) is 18.3 Å². The number of hydrogen-bond acceptors (Lipinski definition) is 4. The van der Waals surface area contributed by atoms with Crippen LogP contribution in [-0.4, -0.2) is 30.1 Å². The van der Waals surface area contributed by atoms with Crippen molar-refractivity contribution in [1.82, 2.24) is 4.98 Å². The van der Waals surface area contributed by atoms with Crippen molar-refractivity contribution in [2.24, 2.45) is 5.41 Å². The predicted molar refractivity (Wildman–Crippen MR) is 79.8 cm³/mol. The molecule has 0 aromatic carbocycles. The van der Waals surface area contributed by atoms with Crippen molar-refractivity contribution in [1.29, 1.82) is 0 Å². The third-order valence-electron chi connectivity index (χ3n) is 3.24. The molecule has 1 saturated heterocycles. The Balaban J connectivity index is 1.84. The topological polar surface area (TPSA) is 63.2 Å². The SMILES string of the molecule is CC(C)(C)C(=O)Nc1ccc(NCC2CCCO2)cn1. The summed E-state index contributed by atoms with van der Waals surface area (Å²) in [6.45, 7) is 7.29. The zero-order valence-corrected chi connectivity index (χ0v) is 12.4. The van der Waals surface area contributed by atoms with Crippen LogP contribution in [0, 0.1) is 5.41 Å². The molecule has 1 fully saturated rings. The van der Waals surface area contributed by atoms with Crippen molar-refractivity contribution >= 4 is 17.4 Å². The Kier molecular flexibility index (Phi) is 4.60. The van der Waals surface area contributed by atoms with E-state index in [9.17, 15) is 4.79 Å². The lowest BCUT2D eigenvalue weighted by atomic mass is 9.96. The molecule has 1 aromatic rings. The van der Waals surface area contributed by atoms with Gasteiger partial charge in [-0.3, -0.25) is 4.79 Å². The first-order valence-corrected chi connectivity index (χ1v) is 7.08. The lowest BCUT2D eigenvalue weighted by Crippen LogP contribution is -2.28. The lowest BCUT2D eigenvalue weighted by Gasteiger charge is -2.17. The number of hydrogen-bond donors (Lipinski definition) is 2. The van der Waals surface area contributed by atoms with Gasteiger partial charge < -0.3 is 15.4 Å². The molecule has 1 aromatic heterocycles. The van der Waals surface area contributed by atoms with Gasteiger partial charge in [-0.2, -0.15) is 0 Å². The van der Waals surface area contributed by atoms with E-state index in [2.05, 4.69) is 15.6 Å². The minimum Gasteiger partial charge on any atom is -0.381 e. The standard InChI is InChI=1S/C15H23N3O2/c1-15(2,3)14(19)18-13-7-6-11(9-17-13)16-10-12-5-4-8-20-12/h6-7,9,12,16H,4-5,8,10H2,1-3H3,(H,17,18,19). The maximum absolute atomic E-state index is 11.8. The second kappa shape index (κ2) is 6.22. The Labute approximate surface area is 120 Å². The number of anilines is 2. The van der Waals surface area contributed by atoms with E-state index in [1.54, 1.807) is 6.20 Å². The maximum Gasteiger partial charge on any atom is 0.230 e. The average molecular weight is 277 g/mol. The van der Waals surface area contributed by atoms with Crippen LogP contribution in [0.5, 0.6) is 0 Å². The first-order valence-electron chi connectivity index (χ1n) is 7.08. The monoisotopic (exact) mass is 277 g/mol. The van der Waals surface area contributed by atoms with E-state index < -0.39 is 5.41 Å². The first kappa shape index (κ1) is 14.8. The molecular formula is C15H23N3O2. The minimum absolute atomic E-state index is 0.0370. The summed E-state index contributed by atoms with van der Waals surface area (Å²) in [5, 5.41) is 6.10. The molecule has 0 bridgehead atoms. The van der Waals surface area contributed by atoms with Crippen molar-refractivity contribution in [3.05, 3.63) is 18.3 Å². The van der Waals surface area contributed by atoms with Gasteiger partial charge in [0.1, 0.15) is 5.82 Å². The van der Waals surface area contributed by atoms with Gasteiger partial charge in [0.2, 0.25) is 5.91 Å². The number of carbonyl (C=O) groups excluding carboxylic acids is 1. The number of pyridine rings is 1. The molecular weight excluding hydrogens is 254 g/mol. The average Bonchev–Trinajstić information content (AvgIpc) is 2.90. The zero-order valence-electron chi connectivity index (χ0n) is 12.4. The summed E-state index contributed by atoms with van der Waals surface area (Å²) in [5.74, 6) is 0.539. The van der Waals surface area contributed by atoms with Crippen LogP contribution in [0.4, 0.5) is 11.5 Å². The summed E-state index contributed by atoms with van der Waals surface area (Å²) >= 11 is 0. The van der Waals surface area contributed by atoms with Crippen molar-refractivity contribution in [2.45, 2.75) is 39.7 Å². The minimum atomic E-state index is -0.418. The second-order valence-corrected chi connectivity index (χ2v) is 6.15. The highest BCUT2D eigenvalue weighted by Crippen LogP contribution is 2.18. The van der Waals surface area contributed by atoms with Gasteiger partial charge in [-0.15, -0.1) is 0 Å². The van der Waals surface area contributed by atoms with Crippen LogP contribution in [0.3, 0.4) is 0 Å². The van der Waals surface area contributed by atoms with E-state index in [1.165, 1.54) is 0 Å². The summed E-state index contributed by atoms with van der Waals surface area (Å²) in [6, 6.07) is 3.72. The second-order valence-electron chi connectivity index (χ2n) is 6.15. The Morgan fingerprint density at radius 1 is 1.45 bits per heavy atom. The molecule has 20 heavy (non-hydrogen) atoms. The number of rotatable bonds is 4. The molecule has 2 rings (SSSR count). The Morgan fingerprint density at radius 3 is 2.80 bits per heavy atom. The van der Waals surface area contributed by atoms with Gasteiger partial charge in [-0.25, -0.2) is 4.98 Å². The summed E-state index contributed by atoms with van der Waals surface area (Å²) in [4.78, 5) is 16.1. The Morgan fingerprint density at radius 2 is 2.25 bits per heavy atom. The van der Waals surface area contributed by atoms with Crippen molar-refractivity contribution in [3.63, 3.8) is 0 Å². The van der Waals surface area contributed by atoms with Gasteiger partial charge in [0.25, 0.3) is 0 Å². The Hall–Kier alpha value is -1.62. The molecule has 110 valence electrons. The molecule has 2 heterocycles. The maximum atomic E-state index is 11.8. The highest BCUT2D eigenvalue weighted by molar-refractivity contribution is 5.93. The highest BCUT2D eigenvalue weighted by Gasteiger charge is 2.21. The normalized spacial score (nSPS) is 18.9. The van der Waals surface area contributed by atoms with Crippen molar-refractivity contribution < 1.29 is 9.53 Å². The lowest BCUT2D eigenvalue weighted by molar-refractivity contribution is -0.123. The van der Waals surface area contributed by atoms with Gasteiger partial charge >= 0.3 is 0 Å². The summed E-state index contributed by atoms with van der Waals surface area (Å²) < 4.78 is 5.55. The fraction of sp³-hybridized carbons (Fsp3) is 0.600. The fourth-order valence-electron chi connectivity index (χ4n) is 1.91. The third kappa shape index (κ3) is 4.20. The van der Waals surface area contributed by atoms with Crippen LogP contribution < -0.4 is 10.6 Å². The van der Waals surface area contributed by atoms with Crippen LogP contribution >= 0.6 is 0 Å². The molecule has 0 aliphatic carbocycles. The van der Waals surface area contributed by atoms with Gasteiger partial charge in [0.05, 0.1) is 18.0 Å². The fourth-order valence-corrected chi connectivity index (χ4v) is 1.91. The van der Waals surface area contributed by atoms with Crippen LogP contribution in [0.1, 0.15) is 33.6 Å². The molecule has 1 aliphatic heterocycles. The number of nitrogens with one attached hydrogen (secondary N) is 2. The van der Waals surface area contributed by atoms with Gasteiger partial charge in [-0.1, -0.05) is 20.8 Å². The number of amides is 1.